The highest BCUT2D eigenvalue weighted by molar-refractivity contribution is 7.89. The van der Waals surface area contributed by atoms with Crippen LogP contribution in [0.25, 0.3) is 0 Å². The van der Waals surface area contributed by atoms with Crippen LogP contribution in [0.3, 0.4) is 0 Å². The third-order valence-electron chi connectivity index (χ3n) is 2.63. The summed E-state index contributed by atoms with van der Waals surface area (Å²) < 4.78 is 58.6. The molecular weight excluding hydrogens is 302 g/mol. The van der Waals surface area contributed by atoms with Crippen LogP contribution in [-0.2, 0) is 21.3 Å². The van der Waals surface area contributed by atoms with E-state index in [-0.39, 0.29) is 13.2 Å². The van der Waals surface area contributed by atoms with Crippen LogP contribution < -0.4 is 10.5 Å². The van der Waals surface area contributed by atoms with Crippen molar-refractivity contribution in [3.05, 3.63) is 29.3 Å². The normalized spacial score (nSPS) is 12.1. The van der Waals surface area contributed by atoms with Gasteiger partial charge in [0, 0.05) is 25.3 Å². The molecule has 0 aliphatic carbocycles. The number of halogens is 2. The first-order valence-corrected chi connectivity index (χ1v) is 8.02. The van der Waals surface area contributed by atoms with E-state index in [9.17, 15) is 17.2 Å². The standard InChI is InChI=1S/C13H20F2N2O3S/c1-9(2)8-20-6-5-17-21(18,19)12-4-3-11(14)10(7-16)13(12)15/h3-4,9,17H,5-8,16H2,1-2H3. The van der Waals surface area contributed by atoms with Gasteiger partial charge in [-0.05, 0) is 18.1 Å². The first-order chi connectivity index (χ1) is 9.79. The third kappa shape index (κ3) is 4.99. The second kappa shape index (κ2) is 7.79. The van der Waals surface area contributed by atoms with E-state index in [1.165, 1.54) is 0 Å². The number of nitrogens with one attached hydrogen (secondary N) is 1. The minimum Gasteiger partial charge on any atom is -0.380 e. The second-order valence-corrected chi connectivity index (χ2v) is 6.64. The van der Waals surface area contributed by atoms with Gasteiger partial charge in [0.05, 0.1) is 6.61 Å². The Bertz CT molecular complexity index is 577. The van der Waals surface area contributed by atoms with Crippen LogP contribution in [0.2, 0.25) is 0 Å². The van der Waals surface area contributed by atoms with Crippen LogP contribution in [0.5, 0.6) is 0 Å². The van der Waals surface area contributed by atoms with Crippen LogP contribution in [0.4, 0.5) is 8.78 Å². The maximum absolute atomic E-state index is 13.9. The maximum Gasteiger partial charge on any atom is 0.243 e. The van der Waals surface area contributed by atoms with Gasteiger partial charge in [0.25, 0.3) is 0 Å². The van der Waals surface area contributed by atoms with Gasteiger partial charge in [-0.1, -0.05) is 13.8 Å². The summed E-state index contributed by atoms with van der Waals surface area (Å²) in [5, 5.41) is 0. The summed E-state index contributed by atoms with van der Waals surface area (Å²) >= 11 is 0. The number of hydrogen-bond acceptors (Lipinski definition) is 4. The fourth-order valence-electron chi connectivity index (χ4n) is 1.62. The molecule has 0 spiro atoms. The van der Waals surface area contributed by atoms with Gasteiger partial charge in [-0.25, -0.2) is 21.9 Å². The van der Waals surface area contributed by atoms with Crippen molar-refractivity contribution < 1.29 is 21.9 Å². The molecule has 0 fully saturated rings. The first kappa shape index (κ1) is 18.0. The molecule has 0 aliphatic heterocycles. The van der Waals surface area contributed by atoms with Gasteiger partial charge < -0.3 is 10.5 Å². The minimum absolute atomic E-state index is 0.00380. The molecule has 0 aliphatic rings. The van der Waals surface area contributed by atoms with Gasteiger partial charge in [-0.3, -0.25) is 0 Å². The predicted molar refractivity (Wildman–Crippen MR) is 75.1 cm³/mol. The lowest BCUT2D eigenvalue weighted by Crippen LogP contribution is -2.29. The van der Waals surface area contributed by atoms with Crippen molar-refractivity contribution in [3.63, 3.8) is 0 Å². The monoisotopic (exact) mass is 322 g/mol. The number of nitrogens with two attached hydrogens (primary N) is 1. The smallest absolute Gasteiger partial charge is 0.243 e. The fourth-order valence-corrected chi connectivity index (χ4v) is 2.73. The van der Waals surface area contributed by atoms with Crippen LogP contribution in [0.1, 0.15) is 19.4 Å². The number of benzene rings is 1. The lowest BCUT2D eigenvalue weighted by molar-refractivity contribution is 0.114. The average molecular weight is 322 g/mol. The highest BCUT2D eigenvalue weighted by Gasteiger charge is 2.22. The quantitative estimate of drug-likeness (QED) is 0.708. The number of rotatable bonds is 8. The molecule has 0 radical (unpaired) electrons. The van der Waals surface area contributed by atoms with E-state index in [2.05, 4.69) is 4.72 Å². The Hall–Kier alpha value is -1.09. The zero-order valence-corrected chi connectivity index (χ0v) is 12.8. The van der Waals surface area contributed by atoms with Gasteiger partial charge >= 0.3 is 0 Å². The lowest BCUT2D eigenvalue weighted by Gasteiger charge is -2.11. The summed E-state index contributed by atoms with van der Waals surface area (Å²) in [6, 6.07) is 1.76. The molecule has 120 valence electrons. The van der Waals surface area contributed by atoms with E-state index in [1.807, 2.05) is 13.8 Å². The maximum atomic E-state index is 13.9. The Kier molecular flexibility index (Phi) is 6.66. The van der Waals surface area contributed by atoms with Crippen molar-refractivity contribution in [2.45, 2.75) is 25.3 Å². The van der Waals surface area contributed by atoms with Crippen LogP contribution >= 0.6 is 0 Å². The molecule has 1 rings (SSSR count). The van der Waals surface area contributed by atoms with Crippen molar-refractivity contribution >= 4 is 10.0 Å². The highest BCUT2D eigenvalue weighted by Crippen LogP contribution is 2.20. The van der Waals surface area contributed by atoms with Gasteiger partial charge in [0.15, 0.2) is 5.82 Å². The van der Waals surface area contributed by atoms with E-state index >= 15 is 0 Å². The molecule has 8 heteroatoms. The van der Waals surface area contributed by atoms with Gasteiger partial charge in [-0.2, -0.15) is 0 Å². The molecule has 0 bridgehead atoms. The Labute approximate surface area is 123 Å². The van der Waals surface area contributed by atoms with Crippen molar-refractivity contribution in [2.24, 2.45) is 11.7 Å². The van der Waals surface area contributed by atoms with Gasteiger partial charge in [-0.15, -0.1) is 0 Å². The second-order valence-electron chi connectivity index (χ2n) is 4.91. The Morgan fingerprint density at radius 1 is 1.33 bits per heavy atom. The van der Waals surface area contributed by atoms with Crippen LogP contribution in [0.15, 0.2) is 17.0 Å². The van der Waals surface area contributed by atoms with E-state index < -0.39 is 38.7 Å². The molecule has 0 unspecified atom stereocenters. The summed E-state index contributed by atoms with van der Waals surface area (Å²) in [5.41, 5.74) is 4.77. The number of sulfonamides is 1. The van der Waals surface area contributed by atoms with Crippen molar-refractivity contribution in [2.75, 3.05) is 19.8 Å². The van der Waals surface area contributed by atoms with Crippen LogP contribution in [-0.4, -0.2) is 28.2 Å². The largest absolute Gasteiger partial charge is 0.380 e. The Morgan fingerprint density at radius 3 is 2.57 bits per heavy atom. The predicted octanol–water partition coefficient (Wildman–Crippen LogP) is 1.37. The minimum atomic E-state index is -4.07. The Balaban J connectivity index is 2.75. The van der Waals surface area contributed by atoms with E-state index in [0.717, 1.165) is 12.1 Å². The number of ether oxygens (including phenoxy) is 1. The molecule has 1 aromatic carbocycles. The van der Waals surface area contributed by atoms with Crippen molar-refractivity contribution in [3.8, 4) is 0 Å². The molecule has 5 nitrogen and oxygen atoms in total. The summed E-state index contributed by atoms with van der Waals surface area (Å²) in [6.07, 6.45) is 0. The topological polar surface area (TPSA) is 81.4 Å². The summed E-state index contributed by atoms with van der Waals surface area (Å²) in [7, 11) is -4.07. The Morgan fingerprint density at radius 2 is 2.00 bits per heavy atom. The molecule has 3 N–H and O–H groups in total. The van der Waals surface area contributed by atoms with Crippen molar-refractivity contribution in [1.29, 1.82) is 0 Å². The molecule has 0 amide bonds. The summed E-state index contributed by atoms with van der Waals surface area (Å²) in [4.78, 5) is -0.617. The number of hydrogen-bond donors (Lipinski definition) is 2. The molecule has 0 heterocycles. The van der Waals surface area contributed by atoms with Gasteiger partial charge in [0.2, 0.25) is 10.0 Å². The van der Waals surface area contributed by atoms with Crippen LogP contribution in [0, 0.1) is 17.6 Å². The lowest BCUT2D eigenvalue weighted by atomic mass is 10.2. The van der Waals surface area contributed by atoms with Gasteiger partial charge in [0.1, 0.15) is 10.7 Å². The molecule has 0 atom stereocenters. The van der Waals surface area contributed by atoms with E-state index in [1.54, 1.807) is 0 Å². The zero-order valence-electron chi connectivity index (χ0n) is 12.0. The highest BCUT2D eigenvalue weighted by atomic mass is 32.2. The molecule has 0 aromatic heterocycles. The average Bonchev–Trinajstić information content (AvgIpc) is 2.38. The van der Waals surface area contributed by atoms with E-state index in [0.29, 0.717) is 12.5 Å². The SMILES string of the molecule is CC(C)COCCNS(=O)(=O)c1ccc(F)c(CN)c1F. The molecule has 21 heavy (non-hydrogen) atoms. The zero-order chi connectivity index (χ0) is 16.0. The molecule has 0 saturated carbocycles. The summed E-state index contributed by atoms with van der Waals surface area (Å²) in [5.74, 6) is -1.69. The van der Waals surface area contributed by atoms with Crippen molar-refractivity contribution in [1.82, 2.24) is 4.72 Å². The fraction of sp³-hybridized carbons (Fsp3) is 0.538. The molecular formula is C13H20F2N2O3S. The third-order valence-corrected chi connectivity index (χ3v) is 4.11. The first-order valence-electron chi connectivity index (χ1n) is 6.54. The summed E-state index contributed by atoms with van der Waals surface area (Å²) in [6.45, 7) is 4.19. The molecule has 0 saturated heterocycles. The molecule has 1 aromatic rings. The van der Waals surface area contributed by atoms with E-state index in [4.69, 9.17) is 10.5 Å².